The Balaban J connectivity index is 1.42. The molecule has 2 N–H and O–H groups in total. The molecule has 7 nitrogen and oxygen atoms in total. The van der Waals surface area contributed by atoms with Crippen LogP contribution < -0.4 is 14.2 Å². The van der Waals surface area contributed by atoms with E-state index in [9.17, 15) is 14.7 Å². The van der Waals surface area contributed by atoms with E-state index < -0.39 is 24.5 Å². The highest BCUT2D eigenvalue weighted by Gasteiger charge is 2.15. The van der Waals surface area contributed by atoms with Crippen LogP contribution in [0.1, 0.15) is 57.1 Å². The molecule has 0 fully saturated rings. The minimum atomic E-state index is -0.653. The van der Waals surface area contributed by atoms with Crippen molar-refractivity contribution in [3.8, 4) is 39.5 Å². The summed E-state index contributed by atoms with van der Waals surface area (Å²) in [5.74, 6) is -0.0773. The largest absolute Gasteiger partial charge is 0.489 e. The van der Waals surface area contributed by atoms with E-state index in [2.05, 4.69) is 31.7 Å². The molecule has 0 amide bonds. The first kappa shape index (κ1) is 35.1. The van der Waals surface area contributed by atoms with Crippen LogP contribution in [0.15, 0.2) is 103 Å². The summed E-state index contributed by atoms with van der Waals surface area (Å²) in [5.41, 5.74) is 6.47. The number of benzene rings is 4. The fraction of sp³-hybridized carbons (Fsp3) is 0.300. The molecule has 4 aromatic carbocycles. The minimum absolute atomic E-state index is 0.000960. The zero-order chi connectivity index (χ0) is 33.6. The molecule has 0 radical (unpaired) electrons. The molecule has 0 spiro atoms. The van der Waals surface area contributed by atoms with Gasteiger partial charge in [-0.05, 0) is 89.5 Å². The molecule has 0 heterocycles. The van der Waals surface area contributed by atoms with E-state index >= 15 is 0 Å². The zero-order valence-electron chi connectivity index (χ0n) is 27.2. The van der Waals surface area contributed by atoms with E-state index in [0.717, 1.165) is 46.4 Å². The van der Waals surface area contributed by atoms with Crippen LogP contribution in [0.2, 0.25) is 0 Å². The van der Waals surface area contributed by atoms with E-state index in [1.54, 1.807) is 31.2 Å². The van der Waals surface area contributed by atoms with Gasteiger partial charge in [-0.15, -0.1) is 0 Å². The van der Waals surface area contributed by atoms with Gasteiger partial charge in [0.25, 0.3) is 0 Å². The van der Waals surface area contributed by atoms with Crippen LogP contribution in [0.25, 0.3) is 22.3 Å². The maximum atomic E-state index is 12.0. The Hall–Kier alpha value is -4.72. The number of unbranched alkanes of at least 4 members (excludes halogenated alkanes) is 4. The highest BCUT2D eigenvalue weighted by Crippen LogP contribution is 2.29. The first-order valence-electron chi connectivity index (χ1n) is 16.2. The van der Waals surface area contributed by atoms with Crippen molar-refractivity contribution in [3.05, 3.63) is 114 Å². The van der Waals surface area contributed by atoms with Gasteiger partial charge in [-0.2, -0.15) is 0 Å². The zero-order valence-corrected chi connectivity index (χ0v) is 27.2. The maximum Gasteiger partial charge on any atom is 0.341 e. The smallest absolute Gasteiger partial charge is 0.341 e. The normalized spacial score (nSPS) is 11.5. The van der Waals surface area contributed by atoms with E-state index in [0.29, 0.717) is 18.1 Å². The Labute approximate surface area is 277 Å². The SMILES string of the molecule is C=C(CO)C(=O)Oc1ccc(-c2ccc(OCc3ccc(-c4ccc(OC(=O)C(C)CO)cc4)cc3CCCCCCC)cc2)cc1. The van der Waals surface area contributed by atoms with Gasteiger partial charge in [0.1, 0.15) is 23.9 Å². The number of esters is 2. The van der Waals surface area contributed by atoms with Crippen LogP contribution >= 0.6 is 0 Å². The number of aliphatic hydroxyl groups is 2. The fourth-order valence-electron chi connectivity index (χ4n) is 4.97. The molecule has 47 heavy (non-hydrogen) atoms. The molecule has 0 bridgehead atoms. The molecule has 0 aliphatic carbocycles. The summed E-state index contributed by atoms with van der Waals surface area (Å²) >= 11 is 0. The lowest BCUT2D eigenvalue weighted by molar-refractivity contribution is -0.139. The molecule has 0 aliphatic rings. The van der Waals surface area contributed by atoms with Crippen LogP contribution in [-0.4, -0.2) is 35.4 Å². The predicted octanol–water partition coefficient (Wildman–Crippen LogP) is 8.10. The predicted molar refractivity (Wildman–Crippen MR) is 184 cm³/mol. The van der Waals surface area contributed by atoms with Crippen LogP contribution in [-0.2, 0) is 22.6 Å². The number of aryl methyl sites for hydroxylation is 1. The summed E-state index contributed by atoms with van der Waals surface area (Å²) in [7, 11) is 0. The Morgan fingerprint density at radius 2 is 1.21 bits per heavy atom. The molecule has 1 unspecified atom stereocenters. The van der Waals surface area contributed by atoms with Crippen molar-refractivity contribution in [3.63, 3.8) is 0 Å². The highest BCUT2D eigenvalue weighted by molar-refractivity contribution is 5.89. The first-order chi connectivity index (χ1) is 22.8. The second kappa shape index (κ2) is 17.8. The second-order valence-corrected chi connectivity index (χ2v) is 11.7. The summed E-state index contributed by atoms with van der Waals surface area (Å²) in [5, 5.41) is 18.3. The average molecular weight is 637 g/mol. The van der Waals surface area contributed by atoms with Gasteiger partial charge in [0.2, 0.25) is 0 Å². The Morgan fingerprint density at radius 3 is 1.79 bits per heavy atom. The lowest BCUT2D eigenvalue weighted by atomic mass is 9.95. The van der Waals surface area contributed by atoms with Crippen molar-refractivity contribution in [2.24, 2.45) is 5.92 Å². The molecule has 4 aromatic rings. The number of hydrogen-bond donors (Lipinski definition) is 2. The van der Waals surface area contributed by atoms with Crippen LogP contribution in [0, 0.1) is 5.92 Å². The lowest BCUT2D eigenvalue weighted by Crippen LogP contribution is -2.20. The monoisotopic (exact) mass is 636 g/mol. The topological polar surface area (TPSA) is 102 Å². The van der Waals surface area contributed by atoms with Crippen molar-refractivity contribution >= 4 is 11.9 Å². The number of carbonyl (C=O) groups excluding carboxylic acids is 2. The fourth-order valence-corrected chi connectivity index (χ4v) is 4.97. The number of aliphatic hydroxyl groups excluding tert-OH is 2. The van der Waals surface area contributed by atoms with Crippen molar-refractivity contribution in [2.45, 2.75) is 59.0 Å². The summed E-state index contributed by atoms with van der Waals surface area (Å²) in [6, 6.07) is 28.9. The molecule has 0 saturated heterocycles. The van der Waals surface area contributed by atoms with E-state index in [-0.39, 0.29) is 12.2 Å². The number of hydrogen-bond acceptors (Lipinski definition) is 7. The lowest BCUT2D eigenvalue weighted by Gasteiger charge is -2.14. The highest BCUT2D eigenvalue weighted by atomic mass is 16.5. The van der Waals surface area contributed by atoms with Gasteiger partial charge in [0.05, 0.1) is 24.7 Å². The van der Waals surface area contributed by atoms with Gasteiger partial charge < -0.3 is 24.4 Å². The van der Waals surface area contributed by atoms with Gasteiger partial charge in [0.15, 0.2) is 0 Å². The van der Waals surface area contributed by atoms with E-state index in [4.69, 9.17) is 19.3 Å². The van der Waals surface area contributed by atoms with Crippen molar-refractivity contribution in [2.75, 3.05) is 13.2 Å². The van der Waals surface area contributed by atoms with Gasteiger partial charge in [-0.1, -0.05) is 93.8 Å². The molecular weight excluding hydrogens is 592 g/mol. The third-order valence-electron chi connectivity index (χ3n) is 7.96. The Morgan fingerprint density at radius 1 is 0.681 bits per heavy atom. The molecular formula is C40H44O7. The molecule has 7 heteroatoms. The standard InChI is InChI=1S/C40H44O7/c1-4-5-6-7-8-9-33-24-34(32-16-22-38(23-17-32)47-40(44)29(3)26-42)10-11-35(33)27-45-36-18-12-30(13-19-36)31-14-20-37(21-15-31)46-39(43)28(2)25-41/h10-24,29,41-42H,2,4-9,25-27H2,1,3H3. The van der Waals surface area contributed by atoms with Crippen LogP contribution in [0.3, 0.4) is 0 Å². The maximum absolute atomic E-state index is 12.0. The third kappa shape index (κ3) is 10.4. The van der Waals surface area contributed by atoms with Crippen LogP contribution in [0.5, 0.6) is 17.2 Å². The second-order valence-electron chi connectivity index (χ2n) is 11.7. The first-order valence-corrected chi connectivity index (χ1v) is 16.2. The van der Waals surface area contributed by atoms with Gasteiger partial charge in [-0.25, -0.2) is 4.79 Å². The Kier molecular flexibility index (Phi) is 13.3. The van der Waals surface area contributed by atoms with Crippen LogP contribution in [0.4, 0.5) is 0 Å². The summed E-state index contributed by atoms with van der Waals surface area (Å²) < 4.78 is 16.8. The number of rotatable bonds is 17. The van der Waals surface area contributed by atoms with Crippen molar-refractivity contribution in [1.29, 1.82) is 0 Å². The average Bonchev–Trinajstić information content (AvgIpc) is 3.11. The van der Waals surface area contributed by atoms with E-state index in [1.807, 2.05) is 48.5 Å². The summed E-state index contributed by atoms with van der Waals surface area (Å²) in [4.78, 5) is 23.9. The van der Waals surface area contributed by atoms with E-state index in [1.165, 1.54) is 31.2 Å². The summed E-state index contributed by atoms with van der Waals surface area (Å²) in [6.07, 6.45) is 6.95. The molecule has 0 aliphatic heterocycles. The molecule has 0 aromatic heterocycles. The third-order valence-corrected chi connectivity index (χ3v) is 7.96. The molecule has 4 rings (SSSR count). The van der Waals surface area contributed by atoms with Gasteiger partial charge >= 0.3 is 11.9 Å². The van der Waals surface area contributed by atoms with Gasteiger partial charge in [0, 0.05) is 0 Å². The molecule has 246 valence electrons. The Bertz CT molecular complexity index is 1610. The molecule has 0 saturated carbocycles. The van der Waals surface area contributed by atoms with Crippen molar-refractivity contribution < 1.29 is 34.0 Å². The number of ether oxygens (including phenoxy) is 3. The minimum Gasteiger partial charge on any atom is -0.489 e. The quantitative estimate of drug-likeness (QED) is 0.0523. The molecule has 1 atom stereocenters. The number of carbonyl (C=O) groups is 2. The summed E-state index contributed by atoms with van der Waals surface area (Å²) in [6.45, 7) is 7.08. The van der Waals surface area contributed by atoms with Crippen molar-refractivity contribution in [1.82, 2.24) is 0 Å². The van der Waals surface area contributed by atoms with Gasteiger partial charge in [-0.3, -0.25) is 4.79 Å².